The third-order valence-electron chi connectivity index (χ3n) is 3.51. The highest BCUT2D eigenvalue weighted by atomic mass is 35.5. The van der Waals surface area contributed by atoms with E-state index in [9.17, 15) is 0 Å². The van der Waals surface area contributed by atoms with Gasteiger partial charge < -0.3 is 0 Å². The van der Waals surface area contributed by atoms with Gasteiger partial charge in [-0.3, -0.25) is 16.0 Å². The molecule has 0 spiro atoms. The van der Waals surface area contributed by atoms with Crippen molar-refractivity contribution in [3.05, 3.63) is 51.8 Å². The smallest absolute Gasteiger partial charge is 0.0596 e. The molecule has 1 atom stereocenters. The fraction of sp³-hybridized carbons (Fsp3) is 0.400. The summed E-state index contributed by atoms with van der Waals surface area (Å²) >= 11 is 6.01. The summed E-state index contributed by atoms with van der Waals surface area (Å²) < 4.78 is 2.02. The van der Waals surface area contributed by atoms with Gasteiger partial charge in [0.1, 0.15) is 0 Å². The van der Waals surface area contributed by atoms with Crippen molar-refractivity contribution in [2.45, 2.75) is 39.8 Å². The van der Waals surface area contributed by atoms with Gasteiger partial charge in [0.25, 0.3) is 0 Å². The van der Waals surface area contributed by atoms with E-state index in [1.165, 1.54) is 11.3 Å². The van der Waals surface area contributed by atoms with Gasteiger partial charge in [-0.05, 0) is 50.1 Å². The minimum atomic E-state index is 0.0497. The Hall–Kier alpha value is -1.36. The van der Waals surface area contributed by atoms with Gasteiger partial charge in [0.05, 0.1) is 11.7 Å². The van der Waals surface area contributed by atoms with Crippen molar-refractivity contribution in [3.63, 3.8) is 0 Å². The van der Waals surface area contributed by atoms with Crippen LogP contribution in [-0.4, -0.2) is 9.78 Å². The Balaban J connectivity index is 2.28. The summed E-state index contributed by atoms with van der Waals surface area (Å²) in [7, 11) is 0. The zero-order chi connectivity index (χ0) is 14.7. The van der Waals surface area contributed by atoms with Crippen molar-refractivity contribution in [2.24, 2.45) is 5.84 Å². The van der Waals surface area contributed by atoms with E-state index in [4.69, 9.17) is 17.4 Å². The maximum atomic E-state index is 6.01. The molecule has 2 rings (SSSR count). The van der Waals surface area contributed by atoms with Gasteiger partial charge >= 0.3 is 0 Å². The Bertz CT molecular complexity index is 592. The van der Waals surface area contributed by atoms with Gasteiger partial charge in [-0.1, -0.05) is 17.7 Å². The molecule has 3 N–H and O–H groups in total. The Morgan fingerprint density at radius 3 is 2.70 bits per heavy atom. The lowest BCUT2D eigenvalue weighted by Crippen LogP contribution is -2.30. The normalized spacial score (nSPS) is 12.7. The highest BCUT2D eigenvalue weighted by Gasteiger charge is 2.16. The second-order valence-electron chi connectivity index (χ2n) is 5.02. The monoisotopic (exact) mass is 292 g/mol. The first-order valence-electron chi connectivity index (χ1n) is 6.80. The van der Waals surface area contributed by atoms with Crippen LogP contribution in [-0.2, 0) is 13.0 Å². The maximum Gasteiger partial charge on any atom is 0.0596 e. The zero-order valence-corrected chi connectivity index (χ0v) is 12.9. The van der Waals surface area contributed by atoms with Gasteiger partial charge in [-0.2, -0.15) is 5.10 Å². The van der Waals surface area contributed by atoms with E-state index in [0.717, 1.165) is 29.2 Å². The molecule has 0 saturated heterocycles. The van der Waals surface area contributed by atoms with Crippen LogP contribution in [0.25, 0.3) is 0 Å². The number of aromatic nitrogens is 2. The van der Waals surface area contributed by atoms with Crippen LogP contribution >= 0.6 is 11.6 Å². The summed E-state index contributed by atoms with van der Waals surface area (Å²) in [6, 6.07) is 8.05. The number of halogens is 1. The first kappa shape index (κ1) is 15.0. The molecule has 1 aromatic heterocycles. The topological polar surface area (TPSA) is 55.9 Å². The van der Waals surface area contributed by atoms with Crippen LogP contribution in [0.15, 0.2) is 24.3 Å². The Morgan fingerprint density at radius 2 is 2.10 bits per heavy atom. The lowest BCUT2D eigenvalue weighted by molar-refractivity contribution is 0.515. The van der Waals surface area contributed by atoms with E-state index in [2.05, 4.69) is 23.5 Å². The number of rotatable bonds is 5. The largest absolute Gasteiger partial charge is 0.271 e. The average molecular weight is 293 g/mol. The van der Waals surface area contributed by atoms with Gasteiger partial charge in [-0.25, -0.2) is 0 Å². The molecule has 0 aliphatic heterocycles. The van der Waals surface area contributed by atoms with Crippen molar-refractivity contribution in [1.82, 2.24) is 15.2 Å². The number of aryl methyl sites for hydroxylation is 3. The van der Waals surface area contributed by atoms with Crippen molar-refractivity contribution in [1.29, 1.82) is 0 Å². The number of nitrogens with two attached hydrogens (primary N) is 1. The lowest BCUT2D eigenvalue weighted by Gasteiger charge is -2.19. The Labute approximate surface area is 124 Å². The highest BCUT2D eigenvalue weighted by Crippen LogP contribution is 2.24. The summed E-state index contributed by atoms with van der Waals surface area (Å²) in [4.78, 5) is 0. The maximum absolute atomic E-state index is 6.01. The number of nitrogens with one attached hydrogen (secondary N) is 1. The molecular weight excluding hydrogens is 272 g/mol. The van der Waals surface area contributed by atoms with Crippen molar-refractivity contribution in [3.8, 4) is 0 Å². The van der Waals surface area contributed by atoms with Gasteiger partial charge in [0.15, 0.2) is 0 Å². The second-order valence-corrected chi connectivity index (χ2v) is 5.45. The van der Waals surface area contributed by atoms with Crippen molar-refractivity contribution in [2.75, 3.05) is 0 Å². The molecule has 20 heavy (non-hydrogen) atoms. The molecule has 1 unspecified atom stereocenters. The molecule has 0 aliphatic rings. The summed E-state index contributed by atoms with van der Waals surface area (Å²) in [5, 5.41) is 5.22. The van der Waals surface area contributed by atoms with Crippen LogP contribution in [0.4, 0.5) is 0 Å². The number of hydrogen-bond donors (Lipinski definition) is 2. The molecule has 0 fully saturated rings. The van der Waals surface area contributed by atoms with E-state index < -0.39 is 0 Å². The number of hydrazine groups is 1. The van der Waals surface area contributed by atoms with E-state index in [-0.39, 0.29) is 6.04 Å². The molecule has 4 nitrogen and oxygen atoms in total. The molecular formula is C15H21ClN4. The molecule has 0 bridgehead atoms. The molecule has 2 aromatic rings. The van der Waals surface area contributed by atoms with Crippen LogP contribution in [0.1, 0.15) is 35.5 Å². The molecule has 0 amide bonds. The van der Waals surface area contributed by atoms with E-state index in [1.807, 2.05) is 36.7 Å². The van der Waals surface area contributed by atoms with E-state index >= 15 is 0 Å². The number of hydrogen-bond acceptors (Lipinski definition) is 3. The van der Waals surface area contributed by atoms with Crippen molar-refractivity contribution < 1.29 is 0 Å². The van der Waals surface area contributed by atoms with Gasteiger partial charge in [-0.15, -0.1) is 0 Å². The fourth-order valence-corrected chi connectivity index (χ4v) is 2.76. The highest BCUT2D eigenvalue weighted by molar-refractivity contribution is 6.30. The standard InChI is InChI=1S/C15H21ClN4/c1-4-20-13(8-11(3)19-20)9-15(18-17)14-6-5-12(16)7-10(14)2/h5-8,15,18H,4,9,17H2,1-3H3. The lowest BCUT2D eigenvalue weighted by atomic mass is 9.98. The van der Waals surface area contributed by atoms with Crippen LogP contribution in [0.2, 0.25) is 5.02 Å². The molecule has 0 saturated carbocycles. The molecule has 0 aliphatic carbocycles. The summed E-state index contributed by atoms with van der Waals surface area (Å²) in [5.41, 5.74) is 7.42. The minimum absolute atomic E-state index is 0.0497. The van der Waals surface area contributed by atoms with Crippen molar-refractivity contribution >= 4 is 11.6 Å². The second kappa shape index (κ2) is 6.39. The predicted octanol–water partition coefficient (Wildman–Crippen LogP) is 2.92. The SMILES string of the molecule is CCn1nc(C)cc1CC(NN)c1ccc(Cl)cc1C. The first-order chi connectivity index (χ1) is 9.55. The van der Waals surface area contributed by atoms with Gasteiger partial charge in [0, 0.05) is 23.7 Å². The molecule has 1 heterocycles. The quantitative estimate of drug-likeness (QED) is 0.658. The summed E-state index contributed by atoms with van der Waals surface area (Å²) in [6.07, 6.45) is 0.799. The molecule has 5 heteroatoms. The third-order valence-corrected chi connectivity index (χ3v) is 3.74. The van der Waals surface area contributed by atoms with Crippen LogP contribution in [0.5, 0.6) is 0 Å². The summed E-state index contributed by atoms with van der Waals surface area (Å²) in [5.74, 6) is 5.75. The molecule has 0 radical (unpaired) electrons. The average Bonchev–Trinajstić information content (AvgIpc) is 2.76. The first-order valence-corrected chi connectivity index (χ1v) is 7.18. The summed E-state index contributed by atoms with van der Waals surface area (Å²) in [6.45, 7) is 7.01. The molecule has 1 aromatic carbocycles. The third kappa shape index (κ3) is 3.20. The number of nitrogens with zero attached hydrogens (tertiary/aromatic N) is 2. The zero-order valence-electron chi connectivity index (χ0n) is 12.2. The number of benzene rings is 1. The minimum Gasteiger partial charge on any atom is -0.271 e. The Kier molecular flexibility index (Phi) is 4.81. The van der Waals surface area contributed by atoms with E-state index in [1.54, 1.807) is 0 Å². The van der Waals surface area contributed by atoms with Gasteiger partial charge in [0.2, 0.25) is 0 Å². The molecule has 108 valence electrons. The fourth-order valence-electron chi connectivity index (χ4n) is 2.54. The predicted molar refractivity (Wildman–Crippen MR) is 82.6 cm³/mol. The van der Waals surface area contributed by atoms with E-state index in [0.29, 0.717) is 0 Å². The van der Waals surface area contributed by atoms with Crippen LogP contribution < -0.4 is 11.3 Å². The van der Waals surface area contributed by atoms with Crippen LogP contribution in [0, 0.1) is 13.8 Å². The van der Waals surface area contributed by atoms with Crippen LogP contribution in [0.3, 0.4) is 0 Å². The Morgan fingerprint density at radius 1 is 1.35 bits per heavy atom.